The molecule has 174 valence electrons. The Bertz CT molecular complexity index is 1230. The van der Waals surface area contributed by atoms with Crippen LogP contribution in [0.15, 0.2) is 45.6 Å². The lowest BCUT2D eigenvalue weighted by atomic mass is 9.97. The lowest BCUT2D eigenvalue weighted by Crippen LogP contribution is -2.32. The average Bonchev–Trinajstić information content (AvgIpc) is 3.10. The van der Waals surface area contributed by atoms with Crippen LogP contribution in [-0.2, 0) is 4.74 Å². The number of carbonyl (C=O) groups is 1. The van der Waals surface area contributed by atoms with Crippen molar-refractivity contribution >= 4 is 16.9 Å². The van der Waals surface area contributed by atoms with E-state index in [1.807, 2.05) is 31.2 Å². The first-order valence-corrected chi connectivity index (χ1v) is 11.2. The highest BCUT2D eigenvalue weighted by Crippen LogP contribution is 2.40. The molecule has 1 amide bonds. The van der Waals surface area contributed by atoms with Crippen molar-refractivity contribution in [2.75, 3.05) is 34.0 Å². The molecule has 1 unspecified atom stereocenters. The first-order valence-electron chi connectivity index (χ1n) is 11.2. The Hall–Kier alpha value is -3.32. The number of amides is 1. The molecule has 0 N–H and O–H groups in total. The van der Waals surface area contributed by atoms with Gasteiger partial charge in [-0.1, -0.05) is 31.0 Å². The summed E-state index contributed by atoms with van der Waals surface area (Å²) in [4.78, 5) is 28.5. The number of carbonyl (C=O) groups excluding carboxylic acids is 1. The predicted molar refractivity (Wildman–Crippen MR) is 125 cm³/mol. The van der Waals surface area contributed by atoms with Crippen LogP contribution >= 0.6 is 0 Å². The van der Waals surface area contributed by atoms with Gasteiger partial charge in [0.2, 0.25) is 5.76 Å². The number of hydrogen-bond donors (Lipinski definition) is 0. The quantitative estimate of drug-likeness (QED) is 0.447. The van der Waals surface area contributed by atoms with Gasteiger partial charge in [0.1, 0.15) is 5.58 Å². The van der Waals surface area contributed by atoms with Crippen molar-refractivity contribution in [3.63, 3.8) is 0 Å². The van der Waals surface area contributed by atoms with Crippen molar-refractivity contribution in [3.05, 3.63) is 69.1 Å². The molecule has 0 fully saturated rings. The summed E-state index contributed by atoms with van der Waals surface area (Å²) in [6.07, 6.45) is 1.97. The van der Waals surface area contributed by atoms with Crippen LogP contribution in [0.4, 0.5) is 0 Å². The number of aryl methyl sites for hydroxylation is 1. The van der Waals surface area contributed by atoms with Crippen LogP contribution in [0.2, 0.25) is 0 Å². The highest BCUT2D eigenvalue weighted by atomic mass is 16.5. The van der Waals surface area contributed by atoms with Gasteiger partial charge < -0.3 is 23.5 Å². The van der Waals surface area contributed by atoms with Crippen LogP contribution in [0.3, 0.4) is 0 Å². The van der Waals surface area contributed by atoms with Crippen molar-refractivity contribution in [3.8, 4) is 11.5 Å². The summed E-state index contributed by atoms with van der Waals surface area (Å²) < 4.78 is 22.6. The molecular weight excluding hydrogens is 422 g/mol. The number of unbranched alkanes of at least 4 members (excludes halogenated alkanes) is 1. The van der Waals surface area contributed by atoms with Gasteiger partial charge in [-0.05, 0) is 43.2 Å². The minimum Gasteiger partial charge on any atom is -0.493 e. The number of fused-ring (bicyclic) bond motifs is 2. The number of nitrogens with zero attached hydrogens (tertiary/aromatic N) is 1. The number of hydrogen-bond acceptors (Lipinski definition) is 6. The molecule has 33 heavy (non-hydrogen) atoms. The summed E-state index contributed by atoms with van der Waals surface area (Å²) in [6, 6.07) is 10.3. The molecule has 1 aliphatic heterocycles. The van der Waals surface area contributed by atoms with Crippen molar-refractivity contribution in [2.24, 2.45) is 0 Å². The molecule has 2 aromatic carbocycles. The Morgan fingerprint density at radius 2 is 1.85 bits per heavy atom. The zero-order valence-corrected chi connectivity index (χ0v) is 19.5. The van der Waals surface area contributed by atoms with E-state index in [0.29, 0.717) is 47.8 Å². The maximum Gasteiger partial charge on any atom is 0.290 e. The molecule has 3 aromatic rings. The SMILES string of the molecule is CCCCOc1ccc(C2c3c(oc4ccc(C)cc4c3=O)C(=O)N2CCOC)cc1OC. The number of rotatable bonds is 9. The van der Waals surface area contributed by atoms with Crippen molar-refractivity contribution in [1.29, 1.82) is 0 Å². The Kier molecular flexibility index (Phi) is 6.70. The van der Waals surface area contributed by atoms with E-state index < -0.39 is 6.04 Å². The molecule has 7 heteroatoms. The Labute approximate surface area is 192 Å². The van der Waals surface area contributed by atoms with Crippen LogP contribution < -0.4 is 14.9 Å². The summed E-state index contributed by atoms with van der Waals surface area (Å²) in [5, 5.41) is 0.464. The van der Waals surface area contributed by atoms with Gasteiger partial charge in [0.25, 0.3) is 5.91 Å². The summed E-state index contributed by atoms with van der Waals surface area (Å²) >= 11 is 0. The fourth-order valence-corrected chi connectivity index (χ4v) is 4.20. The van der Waals surface area contributed by atoms with Crippen molar-refractivity contribution in [1.82, 2.24) is 4.90 Å². The molecular formula is C26H29NO6. The molecule has 0 saturated heterocycles. The second kappa shape index (κ2) is 9.67. The topological polar surface area (TPSA) is 78.2 Å². The highest BCUT2D eigenvalue weighted by molar-refractivity contribution is 5.99. The van der Waals surface area contributed by atoms with Crippen LogP contribution in [0, 0.1) is 6.92 Å². The van der Waals surface area contributed by atoms with Gasteiger partial charge in [0.15, 0.2) is 16.9 Å². The Balaban J connectivity index is 1.85. The summed E-state index contributed by atoms with van der Waals surface area (Å²) in [6.45, 7) is 5.26. The zero-order chi connectivity index (χ0) is 23.5. The van der Waals surface area contributed by atoms with Gasteiger partial charge in [-0.15, -0.1) is 0 Å². The van der Waals surface area contributed by atoms with Crippen LogP contribution in [0.1, 0.15) is 53.1 Å². The summed E-state index contributed by atoms with van der Waals surface area (Å²) in [7, 11) is 3.15. The number of benzene rings is 2. The molecule has 1 aliphatic rings. The number of ether oxygens (including phenoxy) is 3. The fourth-order valence-electron chi connectivity index (χ4n) is 4.20. The normalized spacial score (nSPS) is 15.2. The Morgan fingerprint density at radius 1 is 1.03 bits per heavy atom. The maximum absolute atomic E-state index is 13.6. The third-order valence-electron chi connectivity index (χ3n) is 5.92. The van der Waals surface area contributed by atoms with E-state index in [4.69, 9.17) is 18.6 Å². The average molecular weight is 452 g/mol. The lowest BCUT2D eigenvalue weighted by Gasteiger charge is -2.25. The van der Waals surface area contributed by atoms with Crippen molar-refractivity contribution in [2.45, 2.75) is 32.7 Å². The third kappa shape index (κ3) is 4.20. The lowest BCUT2D eigenvalue weighted by molar-refractivity contribution is 0.0663. The molecule has 0 spiro atoms. The van der Waals surface area contributed by atoms with Crippen LogP contribution in [0.25, 0.3) is 11.0 Å². The van der Waals surface area contributed by atoms with Crippen LogP contribution in [0.5, 0.6) is 11.5 Å². The van der Waals surface area contributed by atoms with Gasteiger partial charge >= 0.3 is 0 Å². The summed E-state index contributed by atoms with van der Waals surface area (Å²) in [5.41, 5.74) is 2.24. The minimum atomic E-state index is -0.609. The van der Waals surface area contributed by atoms with E-state index in [9.17, 15) is 9.59 Å². The molecule has 0 aliphatic carbocycles. The predicted octanol–water partition coefficient (Wildman–Crippen LogP) is 4.48. The van der Waals surface area contributed by atoms with E-state index in [-0.39, 0.29) is 17.1 Å². The molecule has 4 rings (SSSR count). The molecule has 0 saturated carbocycles. The highest BCUT2D eigenvalue weighted by Gasteiger charge is 2.42. The van der Waals surface area contributed by atoms with E-state index >= 15 is 0 Å². The van der Waals surface area contributed by atoms with E-state index in [1.54, 1.807) is 31.3 Å². The zero-order valence-electron chi connectivity index (χ0n) is 19.5. The number of methoxy groups -OCH3 is 2. The molecule has 1 aromatic heterocycles. The van der Waals surface area contributed by atoms with Crippen molar-refractivity contribution < 1.29 is 23.4 Å². The summed E-state index contributed by atoms with van der Waals surface area (Å²) in [5.74, 6) is 0.939. The molecule has 1 atom stereocenters. The van der Waals surface area contributed by atoms with Gasteiger partial charge in [-0.25, -0.2) is 0 Å². The smallest absolute Gasteiger partial charge is 0.290 e. The minimum absolute atomic E-state index is 0.0831. The second-order valence-electron chi connectivity index (χ2n) is 8.18. The monoisotopic (exact) mass is 451 g/mol. The van der Waals surface area contributed by atoms with Crippen LogP contribution in [-0.4, -0.2) is 44.8 Å². The molecule has 2 heterocycles. The van der Waals surface area contributed by atoms with Gasteiger partial charge in [0.05, 0.1) is 37.3 Å². The van der Waals surface area contributed by atoms with E-state index in [2.05, 4.69) is 6.92 Å². The largest absolute Gasteiger partial charge is 0.493 e. The fraction of sp³-hybridized carbons (Fsp3) is 0.385. The standard InChI is InChI=1S/C26H29NO6/c1-5-6-12-32-20-10-8-17(15-21(20)31-4)23-22-24(28)18-14-16(2)7-9-19(18)33-25(22)26(29)27(23)11-13-30-3/h7-10,14-15,23H,5-6,11-13H2,1-4H3. The van der Waals surface area contributed by atoms with E-state index in [1.165, 1.54) is 0 Å². The first-order chi connectivity index (χ1) is 16.0. The van der Waals surface area contributed by atoms with E-state index in [0.717, 1.165) is 24.0 Å². The first kappa shape index (κ1) is 22.9. The van der Waals surface area contributed by atoms with Gasteiger partial charge in [0, 0.05) is 13.7 Å². The van der Waals surface area contributed by atoms with Gasteiger partial charge in [-0.3, -0.25) is 9.59 Å². The molecule has 7 nitrogen and oxygen atoms in total. The molecule has 0 bridgehead atoms. The second-order valence-corrected chi connectivity index (χ2v) is 8.18. The van der Waals surface area contributed by atoms with Gasteiger partial charge in [-0.2, -0.15) is 0 Å². The maximum atomic E-state index is 13.6. The molecule has 0 radical (unpaired) electrons. The third-order valence-corrected chi connectivity index (χ3v) is 5.92. The Morgan fingerprint density at radius 3 is 2.58 bits per heavy atom.